The van der Waals surface area contributed by atoms with Crippen LogP contribution < -0.4 is 0 Å². The molecule has 4 nitrogen and oxygen atoms in total. The number of likely N-dealkylation sites (tertiary alicyclic amines) is 1. The van der Waals surface area contributed by atoms with Crippen LogP contribution in [0.2, 0.25) is 0 Å². The van der Waals surface area contributed by atoms with Crippen molar-refractivity contribution < 1.29 is 9.21 Å². The van der Waals surface area contributed by atoms with Crippen LogP contribution in [-0.2, 0) is 0 Å². The maximum Gasteiger partial charge on any atom is 0.270 e. The molecule has 1 aliphatic heterocycles. The average molecular weight is 232 g/mol. The number of carbonyl (C=O) groups excluding carboxylic acids is 1. The summed E-state index contributed by atoms with van der Waals surface area (Å²) in [5.74, 6) is 0.689. The van der Waals surface area contributed by atoms with Crippen molar-refractivity contribution >= 4 is 17.0 Å². The molecular weight excluding hydrogens is 216 g/mol. The first-order valence-corrected chi connectivity index (χ1v) is 6.09. The Hall–Kier alpha value is -1.71. The number of furan rings is 1. The van der Waals surface area contributed by atoms with E-state index in [4.69, 9.17) is 4.42 Å². The lowest BCUT2D eigenvalue weighted by Crippen LogP contribution is -2.39. The van der Waals surface area contributed by atoms with Crippen molar-refractivity contribution in [2.24, 2.45) is 5.92 Å². The van der Waals surface area contributed by atoms with Gasteiger partial charge in [0.25, 0.3) is 5.91 Å². The van der Waals surface area contributed by atoms with Crippen molar-refractivity contribution in [1.82, 2.24) is 9.88 Å². The van der Waals surface area contributed by atoms with Gasteiger partial charge in [-0.25, -0.2) is 0 Å². The fourth-order valence-corrected chi connectivity index (χ4v) is 2.51. The average Bonchev–Trinajstić information content (AvgIpc) is 2.88. The highest BCUT2D eigenvalue weighted by atomic mass is 16.3. The molecule has 0 bridgehead atoms. The molecule has 4 heteroatoms. The Balaban J connectivity index is 1.83. The normalized spacial score (nSPS) is 21.0. The number of piperidine rings is 1. The minimum Gasteiger partial charge on any atom is -0.463 e. The fraction of sp³-hybridized carbons (Fsp3) is 0.462. The van der Waals surface area contributed by atoms with Crippen LogP contribution in [0.5, 0.6) is 0 Å². The van der Waals surface area contributed by atoms with Gasteiger partial charge in [0, 0.05) is 25.2 Å². The van der Waals surface area contributed by atoms with Gasteiger partial charge in [0.15, 0.2) is 5.58 Å². The predicted molar refractivity (Wildman–Crippen MR) is 64.9 cm³/mol. The zero-order valence-electron chi connectivity index (χ0n) is 9.90. The number of aromatic nitrogens is 1. The van der Waals surface area contributed by atoms with E-state index in [2.05, 4.69) is 11.9 Å². The summed E-state index contributed by atoms with van der Waals surface area (Å²) < 4.78 is 5.26. The maximum atomic E-state index is 12.3. The number of fused-ring (bicyclic) bond motifs is 1. The molecule has 2 aromatic heterocycles. The molecular formula is C13H16N2O2. The molecule has 17 heavy (non-hydrogen) atoms. The molecule has 0 radical (unpaired) electrons. The quantitative estimate of drug-likeness (QED) is 0.821. The summed E-state index contributed by atoms with van der Waals surface area (Å²) in [5, 5.41) is 0. The van der Waals surface area contributed by atoms with E-state index in [1.807, 2.05) is 11.0 Å². The standard InChI is InChI=1S/C13H16N2O2/c1-9-3-2-5-15(8-9)13(16)11-7-12-10(14-11)4-6-17-12/h4,6-7,9,14H,2-3,5,8H2,1H3. The molecule has 1 amide bonds. The highest BCUT2D eigenvalue weighted by Gasteiger charge is 2.23. The van der Waals surface area contributed by atoms with Crippen molar-refractivity contribution in [1.29, 1.82) is 0 Å². The topological polar surface area (TPSA) is 49.2 Å². The lowest BCUT2D eigenvalue weighted by atomic mass is 10.0. The number of hydrogen-bond acceptors (Lipinski definition) is 2. The summed E-state index contributed by atoms with van der Waals surface area (Å²) in [7, 11) is 0. The molecule has 0 aliphatic carbocycles. The van der Waals surface area contributed by atoms with Gasteiger partial charge >= 0.3 is 0 Å². The summed E-state index contributed by atoms with van der Waals surface area (Å²) in [4.78, 5) is 17.3. The van der Waals surface area contributed by atoms with Crippen LogP contribution >= 0.6 is 0 Å². The summed E-state index contributed by atoms with van der Waals surface area (Å²) in [6, 6.07) is 3.63. The molecule has 0 aromatic carbocycles. The zero-order chi connectivity index (χ0) is 11.8. The van der Waals surface area contributed by atoms with Crippen LogP contribution in [0.1, 0.15) is 30.3 Å². The van der Waals surface area contributed by atoms with Gasteiger partial charge < -0.3 is 14.3 Å². The van der Waals surface area contributed by atoms with Crippen LogP contribution in [0, 0.1) is 5.92 Å². The van der Waals surface area contributed by atoms with Gasteiger partial charge in [0.05, 0.1) is 11.8 Å². The Morgan fingerprint density at radius 3 is 3.24 bits per heavy atom. The second-order valence-corrected chi connectivity index (χ2v) is 4.88. The van der Waals surface area contributed by atoms with E-state index in [0.717, 1.165) is 30.6 Å². The van der Waals surface area contributed by atoms with Crippen LogP contribution in [0.4, 0.5) is 0 Å². The third-order valence-electron chi connectivity index (χ3n) is 3.41. The smallest absolute Gasteiger partial charge is 0.270 e. The zero-order valence-corrected chi connectivity index (χ0v) is 9.90. The van der Waals surface area contributed by atoms with Crippen LogP contribution in [-0.4, -0.2) is 28.9 Å². The molecule has 1 fully saturated rings. The molecule has 3 rings (SSSR count). The molecule has 1 N–H and O–H groups in total. The molecule has 1 unspecified atom stereocenters. The van der Waals surface area contributed by atoms with Crippen LogP contribution in [0.15, 0.2) is 22.8 Å². The summed E-state index contributed by atoms with van der Waals surface area (Å²) in [6.45, 7) is 3.92. The van der Waals surface area contributed by atoms with E-state index in [1.54, 1.807) is 12.3 Å². The van der Waals surface area contributed by atoms with E-state index in [-0.39, 0.29) is 5.91 Å². The van der Waals surface area contributed by atoms with Gasteiger partial charge in [0.2, 0.25) is 0 Å². The van der Waals surface area contributed by atoms with Crippen molar-refractivity contribution in [3.63, 3.8) is 0 Å². The highest BCUT2D eigenvalue weighted by molar-refractivity contribution is 5.96. The van der Waals surface area contributed by atoms with Crippen molar-refractivity contribution in [2.75, 3.05) is 13.1 Å². The fourth-order valence-electron chi connectivity index (χ4n) is 2.51. The molecule has 0 saturated carbocycles. The molecule has 2 aromatic rings. The Kier molecular flexibility index (Phi) is 2.42. The predicted octanol–water partition coefficient (Wildman–Crippen LogP) is 2.63. The molecule has 1 atom stereocenters. The van der Waals surface area contributed by atoms with Gasteiger partial charge in [-0.2, -0.15) is 0 Å². The Bertz CT molecular complexity index is 512. The van der Waals surface area contributed by atoms with Crippen molar-refractivity contribution in [3.05, 3.63) is 24.1 Å². The monoisotopic (exact) mass is 232 g/mol. The van der Waals surface area contributed by atoms with Gasteiger partial charge in [0.1, 0.15) is 5.69 Å². The Morgan fingerprint density at radius 2 is 2.47 bits per heavy atom. The first-order chi connectivity index (χ1) is 8.24. The lowest BCUT2D eigenvalue weighted by molar-refractivity contribution is 0.0678. The number of nitrogens with one attached hydrogen (secondary N) is 1. The van der Waals surface area contributed by atoms with E-state index in [1.165, 1.54) is 6.42 Å². The molecule has 1 aliphatic rings. The number of hydrogen-bond donors (Lipinski definition) is 1. The number of amides is 1. The third-order valence-corrected chi connectivity index (χ3v) is 3.41. The second kappa shape index (κ2) is 3.95. The lowest BCUT2D eigenvalue weighted by Gasteiger charge is -2.30. The summed E-state index contributed by atoms with van der Waals surface area (Å²) >= 11 is 0. The minimum absolute atomic E-state index is 0.0861. The van der Waals surface area contributed by atoms with E-state index in [9.17, 15) is 4.79 Å². The third kappa shape index (κ3) is 1.84. The van der Waals surface area contributed by atoms with Crippen molar-refractivity contribution in [3.8, 4) is 0 Å². The summed E-state index contributed by atoms with van der Waals surface area (Å²) in [6.07, 6.45) is 3.94. The first-order valence-electron chi connectivity index (χ1n) is 6.09. The Morgan fingerprint density at radius 1 is 1.59 bits per heavy atom. The van der Waals surface area contributed by atoms with Crippen molar-refractivity contribution in [2.45, 2.75) is 19.8 Å². The largest absolute Gasteiger partial charge is 0.463 e. The number of carbonyl (C=O) groups is 1. The first kappa shape index (κ1) is 10.4. The van der Waals surface area contributed by atoms with E-state index < -0.39 is 0 Å². The number of nitrogens with zero attached hydrogens (tertiary/aromatic N) is 1. The number of aromatic amines is 1. The van der Waals surface area contributed by atoms with Gasteiger partial charge in [-0.3, -0.25) is 4.79 Å². The SMILES string of the molecule is CC1CCCN(C(=O)c2cc3occc3[nH]2)C1. The van der Waals surface area contributed by atoms with Gasteiger partial charge in [-0.1, -0.05) is 6.92 Å². The molecule has 90 valence electrons. The molecule has 0 spiro atoms. The minimum atomic E-state index is 0.0861. The van der Waals surface area contributed by atoms with Gasteiger partial charge in [-0.15, -0.1) is 0 Å². The second-order valence-electron chi connectivity index (χ2n) is 4.88. The van der Waals surface area contributed by atoms with E-state index >= 15 is 0 Å². The molecule has 3 heterocycles. The van der Waals surface area contributed by atoms with E-state index in [0.29, 0.717) is 11.6 Å². The van der Waals surface area contributed by atoms with Crippen LogP contribution in [0.25, 0.3) is 11.1 Å². The number of rotatable bonds is 1. The van der Waals surface area contributed by atoms with Gasteiger partial charge in [-0.05, 0) is 18.8 Å². The number of H-pyrrole nitrogens is 1. The Labute approximate surface area is 99.6 Å². The maximum absolute atomic E-state index is 12.3. The van der Waals surface area contributed by atoms with Crippen LogP contribution in [0.3, 0.4) is 0 Å². The highest BCUT2D eigenvalue weighted by Crippen LogP contribution is 2.20. The molecule has 1 saturated heterocycles. The summed E-state index contributed by atoms with van der Waals surface area (Å²) in [5.41, 5.74) is 2.27.